The molecule has 0 fully saturated rings. The average Bonchev–Trinajstić information content (AvgIpc) is 2.54. The van der Waals surface area contributed by atoms with Gasteiger partial charge in [-0.3, -0.25) is 4.99 Å². The van der Waals surface area contributed by atoms with Gasteiger partial charge in [-0.15, -0.1) is 0 Å². The van der Waals surface area contributed by atoms with Gasteiger partial charge in [0.05, 0.1) is 11.4 Å². The fourth-order valence-electron chi connectivity index (χ4n) is 3.22. The molecule has 1 unspecified atom stereocenters. The molecule has 0 saturated heterocycles. The van der Waals surface area contributed by atoms with E-state index in [1.807, 2.05) is 0 Å². The molecule has 0 amide bonds. The first-order valence-corrected chi connectivity index (χ1v) is 7.52. The lowest BCUT2D eigenvalue weighted by Gasteiger charge is -2.39. The zero-order valence-electron chi connectivity index (χ0n) is 12.9. The van der Waals surface area contributed by atoms with Crippen molar-refractivity contribution in [2.75, 3.05) is 5.32 Å². The third-order valence-corrected chi connectivity index (χ3v) is 4.75. The van der Waals surface area contributed by atoms with Crippen LogP contribution in [0.2, 0.25) is 0 Å². The number of aliphatic imine (C=N–C) groups is 1. The lowest BCUT2D eigenvalue weighted by molar-refractivity contribution is 0.364. The second kappa shape index (κ2) is 5.36. The molecule has 0 saturated carbocycles. The maximum absolute atomic E-state index is 4.93. The first-order chi connectivity index (χ1) is 9.06. The van der Waals surface area contributed by atoms with Crippen LogP contribution in [0.4, 0.5) is 11.4 Å². The zero-order valence-corrected chi connectivity index (χ0v) is 12.9. The number of rotatable bonds is 3. The molecule has 1 aromatic rings. The minimum Gasteiger partial charge on any atom is -0.377 e. The van der Waals surface area contributed by atoms with Gasteiger partial charge < -0.3 is 5.32 Å². The van der Waals surface area contributed by atoms with Crippen LogP contribution in [0.25, 0.3) is 0 Å². The second-order valence-electron chi connectivity index (χ2n) is 5.69. The lowest BCUT2D eigenvalue weighted by Crippen LogP contribution is -2.46. The van der Waals surface area contributed by atoms with Crippen LogP contribution < -0.4 is 5.32 Å². The quantitative estimate of drug-likeness (QED) is 0.801. The molecule has 0 radical (unpaired) electrons. The molecule has 1 atom stereocenters. The molecule has 19 heavy (non-hydrogen) atoms. The van der Waals surface area contributed by atoms with Crippen LogP contribution in [0, 0.1) is 12.8 Å². The highest BCUT2D eigenvalue weighted by molar-refractivity contribution is 5.93. The van der Waals surface area contributed by atoms with Gasteiger partial charge in [0.2, 0.25) is 0 Å². The first-order valence-electron chi connectivity index (χ1n) is 7.52. The Balaban J connectivity index is 2.58. The van der Waals surface area contributed by atoms with E-state index in [-0.39, 0.29) is 5.54 Å². The van der Waals surface area contributed by atoms with Crippen molar-refractivity contribution in [2.45, 2.75) is 59.4 Å². The Labute approximate surface area is 117 Å². The summed E-state index contributed by atoms with van der Waals surface area (Å²) < 4.78 is 0. The standard InChI is InChI=1S/C17H26N2/c1-6-14-13(5)17(7-2,8-3)19-16-11-12(4)9-10-15(16)18-14/h9-11,13,19H,6-8H2,1-5H3. The number of anilines is 1. The van der Waals surface area contributed by atoms with Gasteiger partial charge in [0.1, 0.15) is 0 Å². The summed E-state index contributed by atoms with van der Waals surface area (Å²) in [6, 6.07) is 6.51. The topological polar surface area (TPSA) is 24.4 Å². The van der Waals surface area contributed by atoms with Crippen LogP contribution in [-0.2, 0) is 0 Å². The normalized spacial score (nSPS) is 21.1. The Bertz CT molecular complexity index is 484. The Morgan fingerprint density at radius 1 is 1.21 bits per heavy atom. The van der Waals surface area contributed by atoms with E-state index < -0.39 is 0 Å². The molecule has 1 heterocycles. The Kier molecular flexibility index (Phi) is 3.98. The van der Waals surface area contributed by atoms with Crippen molar-refractivity contribution >= 4 is 17.1 Å². The largest absolute Gasteiger partial charge is 0.377 e. The summed E-state index contributed by atoms with van der Waals surface area (Å²) in [4.78, 5) is 4.93. The Morgan fingerprint density at radius 3 is 2.47 bits per heavy atom. The molecule has 0 spiro atoms. The predicted molar refractivity (Wildman–Crippen MR) is 84.7 cm³/mol. The third-order valence-electron chi connectivity index (χ3n) is 4.75. The molecule has 2 rings (SSSR count). The molecule has 2 heteroatoms. The van der Waals surface area contributed by atoms with Gasteiger partial charge in [0, 0.05) is 17.2 Å². The third kappa shape index (κ3) is 2.41. The molecular weight excluding hydrogens is 232 g/mol. The van der Waals surface area contributed by atoms with Crippen molar-refractivity contribution in [2.24, 2.45) is 10.9 Å². The molecule has 1 aliphatic heterocycles. The monoisotopic (exact) mass is 258 g/mol. The van der Waals surface area contributed by atoms with Crippen LogP contribution in [0.1, 0.15) is 52.5 Å². The van der Waals surface area contributed by atoms with E-state index in [0.717, 1.165) is 24.9 Å². The van der Waals surface area contributed by atoms with Crippen LogP contribution in [0.5, 0.6) is 0 Å². The van der Waals surface area contributed by atoms with E-state index in [1.54, 1.807) is 0 Å². The fourth-order valence-corrected chi connectivity index (χ4v) is 3.22. The van der Waals surface area contributed by atoms with Crippen molar-refractivity contribution in [3.05, 3.63) is 23.8 Å². The average molecular weight is 258 g/mol. The maximum atomic E-state index is 4.93. The van der Waals surface area contributed by atoms with Crippen LogP contribution in [0.15, 0.2) is 23.2 Å². The number of nitrogens with one attached hydrogen (secondary N) is 1. The van der Waals surface area contributed by atoms with E-state index in [4.69, 9.17) is 4.99 Å². The van der Waals surface area contributed by atoms with Crippen molar-refractivity contribution in [3.8, 4) is 0 Å². The summed E-state index contributed by atoms with van der Waals surface area (Å²) in [5.41, 5.74) is 5.03. The molecule has 1 N–H and O–H groups in total. The molecule has 1 aliphatic rings. The molecule has 0 aromatic heterocycles. The molecule has 1 aromatic carbocycles. The fraction of sp³-hybridized carbons (Fsp3) is 0.588. The van der Waals surface area contributed by atoms with E-state index in [1.165, 1.54) is 17.0 Å². The Hall–Kier alpha value is -1.31. The highest BCUT2D eigenvalue weighted by Crippen LogP contribution is 2.39. The Morgan fingerprint density at radius 2 is 1.89 bits per heavy atom. The highest BCUT2D eigenvalue weighted by atomic mass is 15.0. The van der Waals surface area contributed by atoms with E-state index in [0.29, 0.717) is 5.92 Å². The van der Waals surface area contributed by atoms with Crippen LogP contribution in [0.3, 0.4) is 0 Å². The summed E-state index contributed by atoms with van der Waals surface area (Å²) in [5, 5.41) is 3.81. The summed E-state index contributed by atoms with van der Waals surface area (Å²) >= 11 is 0. The smallest absolute Gasteiger partial charge is 0.0860 e. The van der Waals surface area contributed by atoms with Gasteiger partial charge in [0.15, 0.2) is 0 Å². The van der Waals surface area contributed by atoms with E-state index in [9.17, 15) is 0 Å². The number of aryl methyl sites for hydroxylation is 1. The van der Waals surface area contributed by atoms with Gasteiger partial charge in [-0.2, -0.15) is 0 Å². The minimum atomic E-state index is 0.133. The van der Waals surface area contributed by atoms with Crippen LogP contribution >= 0.6 is 0 Å². The van der Waals surface area contributed by atoms with Crippen molar-refractivity contribution < 1.29 is 0 Å². The maximum Gasteiger partial charge on any atom is 0.0860 e. The number of hydrogen-bond acceptors (Lipinski definition) is 2. The highest BCUT2D eigenvalue weighted by Gasteiger charge is 2.37. The van der Waals surface area contributed by atoms with Gasteiger partial charge in [-0.05, 0) is 43.9 Å². The van der Waals surface area contributed by atoms with Gasteiger partial charge in [0.25, 0.3) is 0 Å². The molecule has 104 valence electrons. The van der Waals surface area contributed by atoms with Gasteiger partial charge in [-0.1, -0.05) is 33.8 Å². The lowest BCUT2D eigenvalue weighted by atomic mass is 9.77. The van der Waals surface area contributed by atoms with Crippen LogP contribution in [-0.4, -0.2) is 11.3 Å². The van der Waals surface area contributed by atoms with Crippen molar-refractivity contribution in [1.82, 2.24) is 0 Å². The number of hydrogen-bond donors (Lipinski definition) is 1. The summed E-state index contributed by atoms with van der Waals surface area (Å²) in [6.45, 7) is 11.2. The number of fused-ring (bicyclic) bond motifs is 1. The summed E-state index contributed by atoms with van der Waals surface area (Å²) in [5.74, 6) is 0.472. The summed E-state index contributed by atoms with van der Waals surface area (Å²) in [7, 11) is 0. The molecular formula is C17H26N2. The van der Waals surface area contributed by atoms with Crippen molar-refractivity contribution in [1.29, 1.82) is 0 Å². The molecule has 0 aliphatic carbocycles. The minimum absolute atomic E-state index is 0.133. The van der Waals surface area contributed by atoms with E-state index >= 15 is 0 Å². The number of benzene rings is 1. The van der Waals surface area contributed by atoms with Crippen molar-refractivity contribution in [3.63, 3.8) is 0 Å². The number of nitrogens with zero attached hydrogens (tertiary/aromatic N) is 1. The predicted octanol–water partition coefficient (Wildman–Crippen LogP) is 5.10. The van der Waals surface area contributed by atoms with Gasteiger partial charge in [-0.25, -0.2) is 0 Å². The summed E-state index contributed by atoms with van der Waals surface area (Å²) in [6.07, 6.45) is 3.27. The SMILES string of the molecule is CCC1=Nc2ccc(C)cc2NC(CC)(CC)C1C. The van der Waals surface area contributed by atoms with Gasteiger partial charge >= 0.3 is 0 Å². The van der Waals surface area contributed by atoms with E-state index in [2.05, 4.69) is 58.1 Å². The second-order valence-corrected chi connectivity index (χ2v) is 5.69. The molecule has 2 nitrogen and oxygen atoms in total. The zero-order chi connectivity index (χ0) is 14.0. The first kappa shape index (κ1) is 14.1. The molecule has 0 bridgehead atoms.